The molecule has 0 bridgehead atoms. The maximum absolute atomic E-state index is 12.3. The lowest BCUT2D eigenvalue weighted by Crippen LogP contribution is -2.37. The van der Waals surface area contributed by atoms with E-state index in [2.05, 4.69) is 5.32 Å². The maximum atomic E-state index is 12.3. The number of carbonyl (C=O) groups is 3. The van der Waals surface area contributed by atoms with Gasteiger partial charge in [-0.15, -0.1) is 0 Å². The summed E-state index contributed by atoms with van der Waals surface area (Å²) in [6.07, 6.45) is 0. The standard InChI is InChI=1S/C20H20N2O6/c23-18(22-11-10-21-20(22)25)14-28-19(24)16-8-4-5-9-17(16)27-13-12-26-15-6-2-1-3-7-15/h1-9H,10-14H2,(H,21,25). The summed E-state index contributed by atoms with van der Waals surface area (Å²) in [5.41, 5.74) is 0.195. The van der Waals surface area contributed by atoms with Gasteiger partial charge in [0.25, 0.3) is 5.91 Å². The molecule has 2 aromatic rings. The Labute approximate surface area is 162 Å². The fraction of sp³-hybridized carbons (Fsp3) is 0.250. The van der Waals surface area contributed by atoms with E-state index in [1.54, 1.807) is 24.3 Å². The second-order valence-corrected chi connectivity index (χ2v) is 5.86. The molecule has 0 atom stereocenters. The maximum Gasteiger partial charge on any atom is 0.342 e. The van der Waals surface area contributed by atoms with Crippen molar-refractivity contribution in [3.05, 3.63) is 60.2 Å². The molecule has 1 aliphatic heterocycles. The summed E-state index contributed by atoms with van der Waals surface area (Å²) < 4.78 is 16.2. The highest BCUT2D eigenvalue weighted by molar-refractivity contribution is 5.98. The zero-order valence-electron chi connectivity index (χ0n) is 15.1. The normalized spacial score (nSPS) is 13.0. The van der Waals surface area contributed by atoms with Crippen molar-refractivity contribution >= 4 is 17.9 Å². The van der Waals surface area contributed by atoms with Crippen molar-refractivity contribution in [3.8, 4) is 11.5 Å². The van der Waals surface area contributed by atoms with Crippen LogP contribution in [0.2, 0.25) is 0 Å². The number of amides is 3. The fourth-order valence-corrected chi connectivity index (χ4v) is 2.58. The number of benzene rings is 2. The third kappa shape index (κ3) is 5.00. The van der Waals surface area contributed by atoms with E-state index in [1.165, 1.54) is 0 Å². The summed E-state index contributed by atoms with van der Waals surface area (Å²) in [6, 6.07) is 15.4. The second-order valence-electron chi connectivity index (χ2n) is 5.86. The van der Waals surface area contributed by atoms with Crippen molar-refractivity contribution in [1.82, 2.24) is 10.2 Å². The highest BCUT2D eigenvalue weighted by atomic mass is 16.5. The van der Waals surface area contributed by atoms with Gasteiger partial charge in [-0.2, -0.15) is 0 Å². The Bertz CT molecular complexity index is 840. The molecule has 28 heavy (non-hydrogen) atoms. The molecule has 1 heterocycles. The molecular weight excluding hydrogens is 364 g/mol. The number of hydrogen-bond donors (Lipinski definition) is 1. The predicted molar refractivity (Wildman–Crippen MR) is 99.3 cm³/mol. The van der Waals surface area contributed by atoms with E-state index in [-0.39, 0.29) is 18.7 Å². The number of ether oxygens (including phenoxy) is 3. The van der Waals surface area contributed by atoms with Crippen LogP contribution in [-0.2, 0) is 9.53 Å². The molecule has 1 saturated heterocycles. The van der Waals surface area contributed by atoms with E-state index in [9.17, 15) is 14.4 Å². The minimum absolute atomic E-state index is 0.195. The number of hydrogen-bond acceptors (Lipinski definition) is 6. The average Bonchev–Trinajstić information content (AvgIpc) is 3.16. The molecule has 0 spiro atoms. The second kappa shape index (κ2) is 9.40. The third-order valence-corrected chi connectivity index (χ3v) is 3.94. The first-order chi connectivity index (χ1) is 13.6. The smallest absolute Gasteiger partial charge is 0.342 e. The number of carbonyl (C=O) groups excluding carboxylic acids is 3. The van der Waals surface area contributed by atoms with Crippen molar-refractivity contribution in [3.63, 3.8) is 0 Å². The molecule has 0 radical (unpaired) electrons. The van der Waals surface area contributed by atoms with E-state index < -0.39 is 24.5 Å². The molecule has 0 aromatic heterocycles. The number of nitrogens with zero attached hydrogens (tertiary/aromatic N) is 1. The Kier molecular flexibility index (Phi) is 6.46. The number of nitrogens with one attached hydrogen (secondary N) is 1. The van der Waals surface area contributed by atoms with Crippen LogP contribution in [0.15, 0.2) is 54.6 Å². The van der Waals surface area contributed by atoms with Gasteiger partial charge < -0.3 is 19.5 Å². The Hall–Kier alpha value is -3.55. The molecule has 2 aromatic carbocycles. The zero-order valence-corrected chi connectivity index (χ0v) is 15.1. The van der Waals surface area contributed by atoms with Gasteiger partial charge in [0.1, 0.15) is 30.3 Å². The van der Waals surface area contributed by atoms with Crippen molar-refractivity contribution in [2.75, 3.05) is 32.9 Å². The van der Waals surface area contributed by atoms with Gasteiger partial charge in [-0.25, -0.2) is 9.59 Å². The van der Waals surface area contributed by atoms with Crippen LogP contribution in [-0.4, -0.2) is 55.7 Å². The first-order valence-electron chi connectivity index (χ1n) is 8.80. The largest absolute Gasteiger partial charge is 0.490 e. The van der Waals surface area contributed by atoms with Gasteiger partial charge in [0, 0.05) is 13.1 Å². The topological polar surface area (TPSA) is 94.2 Å². The van der Waals surface area contributed by atoms with Gasteiger partial charge >= 0.3 is 12.0 Å². The summed E-state index contributed by atoms with van der Waals surface area (Å²) in [4.78, 5) is 36.7. The molecule has 8 nitrogen and oxygen atoms in total. The number of rotatable bonds is 8. The van der Waals surface area contributed by atoms with Crippen LogP contribution < -0.4 is 14.8 Å². The van der Waals surface area contributed by atoms with Gasteiger partial charge in [-0.05, 0) is 24.3 Å². The third-order valence-electron chi connectivity index (χ3n) is 3.94. The van der Waals surface area contributed by atoms with Crippen molar-refractivity contribution in [1.29, 1.82) is 0 Å². The molecule has 3 amide bonds. The Balaban J connectivity index is 1.50. The van der Waals surface area contributed by atoms with Gasteiger partial charge in [0.15, 0.2) is 6.61 Å². The quantitative estimate of drug-likeness (QED) is 0.551. The summed E-state index contributed by atoms with van der Waals surface area (Å²) in [7, 11) is 0. The van der Waals surface area contributed by atoms with E-state index >= 15 is 0 Å². The van der Waals surface area contributed by atoms with Gasteiger partial charge in [-0.1, -0.05) is 30.3 Å². The monoisotopic (exact) mass is 384 g/mol. The zero-order chi connectivity index (χ0) is 19.8. The molecule has 146 valence electrons. The summed E-state index contributed by atoms with van der Waals surface area (Å²) in [5, 5.41) is 2.51. The van der Waals surface area contributed by atoms with Crippen LogP contribution in [0.25, 0.3) is 0 Å². The molecule has 1 fully saturated rings. The van der Waals surface area contributed by atoms with Crippen LogP contribution in [0.5, 0.6) is 11.5 Å². The number of imide groups is 1. The van der Waals surface area contributed by atoms with Gasteiger partial charge in [0.2, 0.25) is 0 Å². The predicted octanol–water partition coefficient (Wildman–Crippen LogP) is 1.85. The first-order valence-corrected chi connectivity index (χ1v) is 8.80. The van der Waals surface area contributed by atoms with Crippen LogP contribution >= 0.6 is 0 Å². The Morgan fingerprint density at radius 2 is 1.68 bits per heavy atom. The van der Waals surface area contributed by atoms with Gasteiger partial charge in [0.05, 0.1) is 0 Å². The first kappa shape index (κ1) is 19.2. The number of esters is 1. The lowest BCUT2D eigenvalue weighted by atomic mass is 10.2. The summed E-state index contributed by atoms with van der Waals surface area (Å²) in [6.45, 7) is 0.663. The minimum Gasteiger partial charge on any atom is -0.490 e. The highest BCUT2D eigenvalue weighted by Gasteiger charge is 2.27. The molecule has 0 unspecified atom stereocenters. The molecule has 0 aliphatic carbocycles. The summed E-state index contributed by atoms with van der Waals surface area (Å²) in [5.74, 6) is -0.218. The Morgan fingerprint density at radius 3 is 2.43 bits per heavy atom. The van der Waals surface area contributed by atoms with E-state index in [0.29, 0.717) is 18.9 Å². The number of urea groups is 1. The van der Waals surface area contributed by atoms with Crippen molar-refractivity contribution in [2.45, 2.75) is 0 Å². The lowest BCUT2D eigenvalue weighted by molar-refractivity contribution is -0.130. The van der Waals surface area contributed by atoms with E-state index in [4.69, 9.17) is 14.2 Å². The molecule has 1 N–H and O–H groups in total. The average molecular weight is 384 g/mol. The minimum atomic E-state index is -0.701. The fourth-order valence-electron chi connectivity index (χ4n) is 2.58. The summed E-state index contributed by atoms with van der Waals surface area (Å²) >= 11 is 0. The molecule has 0 saturated carbocycles. The van der Waals surface area contributed by atoms with Crippen LogP contribution in [0, 0.1) is 0 Å². The number of para-hydroxylation sites is 2. The molecule has 1 aliphatic rings. The molecule has 8 heteroatoms. The van der Waals surface area contributed by atoms with Gasteiger partial charge in [-0.3, -0.25) is 9.69 Å². The van der Waals surface area contributed by atoms with Crippen LogP contribution in [0.3, 0.4) is 0 Å². The van der Waals surface area contributed by atoms with E-state index in [0.717, 1.165) is 10.6 Å². The molecular formula is C20H20N2O6. The lowest BCUT2D eigenvalue weighted by Gasteiger charge is -2.14. The van der Waals surface area contributed by atoms with Crippen molar-refractivity contribution in [2.24, 2.45) is 0 Å². The SMILES string of the molecule is O=C(OCC(=O)N1CCNC1=O)c1ccccc1OCCOc1ccccc1. The van der Waals surface area contributed by atoms with E-state index in [1.807, 2.05) is 30.3 Å². The Morgan fingerprint density at radius 1 is 0.964 bits per heavy atom. The highest BCUT2D eigenvalue weighted by Crippen LogP contribution is 2.19. The van der Waals surface area contributed by atoms with Crippen LogP contribution in [0.4, 0.5) is 4.79 Å². The van der Waals surface area contributed by atoms with Crippen molar-refractivity contribution < 1.29 is 28.6 Å². The van der Waals surface area contributed by atoms with Crippen LogP contribution in [0.1, 0.15) is 10.4 Å². The molecule has 3 rings (SSSR count).